The number of carbonyl (C=O) groups excluding carboxylic acids is 1. The lowest BCUT2D eigenvalue weighted by molar-refractivity contribution is -0.359. The second-order valence-corrected chi connectivity index (χ2v) is 17.2. The quantitative estimate of drug-likeness (QED) is 0.0377. The zero-order chi connectivity index (χ0) is 43.3. The molecule has 2 rings (SSSR count). The molecule has 350 valence electrons. The van der Waals surface area contributed by atoms with Crippen LogP contribution >= 0.6 is 0 Å². The fourth-order valence-electron chi connectivity index (χ4n) is 8.12. The fourth-order valence-corrected chi connectivity index (χ4v) is 8.12. The van der Waals surface area contributed by atoms with Gasteiger partial charge in [-0.1, -0.05) is 168 Å². The molecule has 0 saturated carbocycles. The summed E-state index contributed by atoms with van der Waals surface area (Å²) in [6, 6.07) is -0.819. The summed E-state index contributed by atoms with van der Waals surface area (Å²) in [6.07, 6.45) is 14.0. The molecule has 0 aromatic heterocycles. The van der Waals surface area contributed by atoms with Crippen LogP contribution in [0.2, 0.25) is 0 Å². The van der Waals surface area contributed by atoms with Crippen LogP contribution in [0.25, 0.3) is 0 Å². The first kappa shape index (κ1) is 54.1. The van der Waals surface area contributed by atoms with Gasteiger partial charge in [0.15, 0.2) is 12.6 Å². The first-order chi connectivity index (χ1) is 28.6. The van der Waals surface area contributed by atoms with E-state index in [-0.39, 0.29) is 12.5 Å². The Morgan fingerprint density at radius 1 is 0.542 bits per heavy atom. The molecule has 2 heterocycles. The highest BCUT2D eigenvalue weighted by molar-refractivity contribution is 5.76. The average molecular weight is 850 g/mol. The molecule has 59 heavy (non-hydrogen) atoms. The Bertz CT molecular complexity index is 1010. The Kier molecular flexibility index (Phi) is 30.8. The van der Waals surface area contributed by atoms with E-state index >= 15 is 0 Å². The van der Waals surface area contributed by atoms with Gasteiger partial charge < -0.3 is 65.1 Å². The second kappa shape index (κ2) is 33.5. The van der Waals surface area contributed by atoms with Gasteiger partial charge in [-0.25, -0.2) is 0 Å². The highest BCUT2D eigenvalue weighted by Gasteiger charge is 2.51. The van der Waals surface area contributed by atoms with Crippen molar-refractivity contribution < 1.29 is 64.6 Å². The maximum absolute atomic E-state index is 13.1. The van der Waals surface area contributed by atoms with E-state index in [1.165, 1.54) is 109 Å². The molecule has 2 aliphatic heterocycles. The molecule has 0 aliphatic carbocycles. The Morgan fingerprint density at radius 2 is 0.966 bits per heavy atom. The SMILES string of the molecule is CCCCCCCCCCCCCCCCCCC(O)C(COC1OC(CO)C(OC2OC(CO)C(O)C(O)C2O)C(O)C1O)NC(=O)CCCCCCCCCCC. The zero-order valence-electron chi connectivity index (χ0n) is 36.8. The molecule has 0 aromatic carbocycles. The predicted molar refractivity (Wildman–Crippen MR) is 226 cm³/mol. The lowest BCUT2D eigenvalue weighted by Gasteiger charge is -2.46. The number of aliphatic hydroxyl groups is 8. The normalized spacial score (nSPS) is 28.4. The van der Waals surface area contributed by atoms with Crippen LogP contribution < -0.4 is 5.32 Å². The Labute approximate surface area is 355 Å². The van der Waals surface area contributed by atoms with Crippen molar-refractivity contribution in [2.75, 3.05) is 19.8 Å². The van der Waals surface area contributed by atoms with Crippen LogP contribution in [0.15, 0.2) is 0 Å². The number of aliphatic hydroxyl groups excluding tert-OH is 8. The van der Waals surface area contributed by atoms with Crippen molar-refractivity contribution in [2.24, 2.45) is 0 Å². The standard InChI is InChI=1S/C45H87NO13/c1-3-5-7-9-11-13-14-15-16-17-18-19-21-22-24-26-28-34(49)33(46-37(50)29-27-25-23-20-12-10-8-6-4-2)32-56-44-42(55)40(53)43(36(31-48)58-44)59-45-41(54)39(52)38(51)35(30-47)57-45/h33-36,38-45,47-49,51-55H,3-32H2,1-2H3,(H,46,50). The number of hydrogen-bond donors (Lipinski definition) is 9. The molecule has 0 bridgehead atoms. The fraction of sp³-hybridized carbons (Fsp3) is 0.978. The van der Waals surface area contributed by atoms with Crippen molar-refractivity contribution in [1.29, 1.82) is 0 Å². The van der Waals surface area contributed by atoms with Crippen LogP contribution in [0, 0.1) is 0 Å². The minimum Gasteiger partial charge on any atom is -0.394 e. The summed E-state index contributed by atoms with van der Waals surface area (Å²) in [5.74, 6) is -0.209. The lowest BCUT2D eigenvalue weighted by Crippen LogP contribution is -2.65. The van der Waals surface area contributed by atoms with Crippen molar-refractivity contribution in [1.82, 2.24) is 5.32 Å². The molecule has 0 aromatic rings. The molecule has 9 N–H and O–H groups in total. The summed E-state index contributed by atoms with van der Waals surface area (Å²) in [5, 5.41) is 86.6. The van der Waals surface area contributed by atoms with E-state index in [1.54, 1.807) is 0 Å². The molecule has 1 amide bonds. The van der Waals surface area contributed by atoms with Gasteiger partial charge in [0, 0.05) is 6.42 Å². The van der Waals surface area contributed by atoms with E-state index in [0.717, 1.165) is 51.4 Å². The van der Waals surface area contributed by atoms with Crippen LogP contribution in [0.1, 0.15) is 187 Å². The number of unbranched alkanes of at least 4 members (excludes halogenated alkanes) is 23. The lowest BCUT2D eigenvalue weighted by atomic mass is 9.97. The molecule has 14 heteroatoms. The van der Waals surface area contributed by atoms with Crippen LogP contribution in [0.4, 0.5) is 0 Å². The van der Waals surface area contributed by atoms with Gasteiger partial charge in [0.1, 0.15) is 48.8 Å². The topological polar surface area (TPSA) is 228 Å². The van der Waals surface area contributed by atoms with Gasteiger partial charge >= 0.3 is 0 Å². The van der Waals surface area contributed by atoms with Gasteiger partial charge in [0.2, 0.25) is 5.91 Å². The Balaban J connectivity index is 1.85. The minimum absolute atomic E-state index is 0.209. The molecule has 12 atom stereocenters. The average Bonchev–Trinajstić information content (AvgIpc) is 3.23. The first-order valence-corrected chi connectivity index (χ1v) is 23.8. The maximum Gasteiger partial charge on any atom is 0.220 e. The third kappa shape index (κ3) is 21.8. The zero-order valence-corrected chi connectivity index (χ0v) is 36.8. The smallest absolute Gasteiger partial charge is 0.220 e. The molecular weight excluding hydrogens is 762 g/mol. The van der Waals surface area contributed by atoms with Crippen molar-refractivity contribution in [3.8, 4) is 0 Å². The van der Waals surface area contributed by atoms with Gasteiger partial charge in [-0.05, 0) is 12.8 Å². The third-order valence-corrected chi connectivity index (χ3v) is 12.1. The number of ether oxygens (including phenoxy) is 4. The van der Waals surface area contributed by atoms with Crippen molar-refractivity contribution >= 4 is 5.91 Å². The summed E-state index contributed by atoms with van der Waals surface area (Å²) in [6.45, 7) is 2.82. The molecule has 0 radical (unpaired) electrons. The van der Waals surface area contributed by atoms with Crippen LogP contribution in [-0.4, -0.2) is 140 Å². The molecule has 2 aliphatic rings. The van der Waals surface area contributed by atoms with E-state index in [9.17, 15) is 45.6 Å². The number of carbonyl (C=O) groups is 1. The minimum atomic E-state index is -1.78. The van der Waals surface area contributed by atoms with E-state index < -0.39 is 86.8 Å². The third-order valence-electron chi connectivity index (χ3n) is 12.1. The highest BCUT2D eigenvalue weighted by atomic mass is 16.7. The van der Waals surface area contributed by atoms with Gasteiger partial charge in [-0.15, -0.1) is 0 Å². The van der Waals surface area contributed by atoms with Gasteiger partial charge in [-0.2, -0.15) is 0 Å². The van der Waals surface area contributed by atoms with Gasteiger partial charge in [0.05, 0.1) is 32.0 Å². The van der Waals surface area contributed by atoms with Crippen molar-refractivity contribution in [3.05, 3.63) is 0 Å². The van der Waals surface area contributed by atoms with E-state index in [2.05, 4.69) is 19.2 Å². The summed E-state index contributed by atoms with van der Waals surface area (Å²) in [4.78, 5) is 13.1. The van der Waals surface area contributed by atoms with Gasteiger partial charge in [0.25, 0.3) is 0 Å². The van der Waals surface area contributed by atoms with Crippen molar-refractivity contribution in [3.63, 3.8) is 0 Å². The van der Waals surface area contributed by atoms with Crippen LogP contribution in [0.5, 0.6) is 0 Å². The monoisotopic (exact) mass is 850 g/mol. The number of amides is 1. The summed E-state index contributed by atoms with van der Waals surface area (Å²) < 4.78 is 22.7. The number of nitrogens with one attached hydrogen (secondary N) is 1. The predicted octanol–water partition coefficient (Wildman–Crippen LogP) is 5.05. The number of rotatable bonds is 36. The molecule has 12 unspecified atom stereocenters. The first-order valence-electron chi connectivity index (χ1n) is 23.8. The molecule has 2 fully saturated rings. The van der Waals surface area contributed by atoms with E-state index in [4.69, 9.17) is 18.9 Å². The van der Waals surface area contributed by atoms with Crippen LogP contribution in [-0.2, 0) is 23.7 Å². The highest BCUT2D eigenvalue weighted by Crippen LogP contribution is 2.30. The molecule has 2 saturated heterocycles. The maximum atomic E-state index is 13.1. The van der Waals surface area contributed by atoms with Crippen molar-refractivity contribution in [2.45, 2.75) is 261 Å². The number of hydrogen-bond acceptors (Lipinski definition) is 13. The van der Waals surface area contributed by atoms with Crippen LogP contribution in [0.3, 0.4) is 0 Å². The Hall–Kier alpha value is -1.01. The Morgan fingerprint density at radius 3 is 1.44 bits per heavy atom. The van der Waals surface area contributed by atoms with E-state index in [0.29, 0.717) is 12.8 Å². The van der Waals surface area contributed by atoms with Gasteiger partial charge in [-0.3, -0.25) is 4.79 Å². The van der Waals surface area contributed by atoms with E-state index in [1.807, 2.05) is 0 Å². The molecular formula is C45H87NO13. The second-order valence-electron chi connectivity index (χ2n) is 17.2. The molecule has 14 nitrogen and oxygen atoms in total. The summed E-state index contributed by atoms with van der Waals surface area (Å²) in [7, 11) is 0. The summed E-state index contributed by atoms with van der Waals surface area (Å²) in [5.41, 5.74) is 0. The summed E-state index contributed by atoms with van der Waals surface area (Å²) >= 11 is 0. The molecule has 0 spiro atoms. The largest absolute Gasteiger partial charge is 0.394 e.